The number of pyridine rings is 1. The van der Waals surface area contributed by atoms with Crippen molar-refractivity contribution in [3.8, 4) is 5.75 Å². The van der Waals surface area contributed by atoms with Gasteiger partial charge < -0.3 is 10.1 Å². The summed E-state index contributed by atoms with van der Waals surface area (Å²) in [4.78, 5) is 6.86. The molecule has 4 heteroatoms. The minimum atomic E-state index is 0.626. The Labute approximate surface area is 117 Å². The first-order chi connectivity index (χ1) is 9.31. The van der Waals surface area contributed by atoms with Gasteiger partial charge in [-0.15, -0.1) is 11.3 Å². The summed E-state index contributed by atoms with van der Waals surface area (Å²) in [5.74, 6) is 0.869. The van der Waals surface area contributed by atoms with Crippen molar-refractivity contribution in [2.45, 2.75) is 39.0 Å². The van der Waals surface area contributed by atoms with Crippen LogP contribution in [0.3, 0.4) is 0 Å². The number of hydrogen-bond donors (Lipinski definition) is 1. The molecule has 1 saturated carbocycles. The highest BCUT2D eigenvalue weighted by atomic mass is 32.1. The Morgan fingerprint density at radius 1 is 1.32 bits per heavy atom. The van der Waals surface area contributed by atoms with Gasteiger partial charge in [0, 0.05) is 28.5 Å². The molecule has 1 N–H and O–H groups in total. The molecule has 1 aliphatic rings. The third kappa shape index (κ3) is 3.55. The van der Waals surface area contributed by atoms with E-state index in [1.165, 1.54) is 22.6 Å². The Bertz CT molecular complexity index is 549. The highest BCUT2D eigenvalue weighted by Gasteiger charge is 2.20. The zero-order valence-electron chi connectivity index (χ0n) is 11.1. The first-order valence-electron chi connectivity index (χ1n) is 6.66. The van der Waals surface area contributed by atoms with Gasteiger partial charge in [-0.1, -0.05) is 0 Å². The maximum atomic E-state index is 5.80. The second-order valence-electron chi connectivity index (χ2n) is 4.90. The lowest BCUT2D eigenvalue weighted by atomic mass is 10.3. The average Bonchev–Trinajstić information content (AvgIpc) is 3.14. The summed E-state index contributed by atoms with van der Waals surface area (Å²) in [5, 5.41) is 3.53. The molecule has 0 amide bonds. The minimum absolute atomic E-state index is 0.626. The Kier molecular flexibility index (Phi) is 3.80. The smallest absolute Gasteiger partial charge is 0.141 e. The van der Waals surface area contributed by atoms with Gasteiger partial charge in [0.2, 0.25) is 0 Å². The van der Waals surface area contributed by atoms with E-state index in [-0.39, 0.29) is 0 Å². The molecule has 3 rings (SSSR count). The molecule has 2 heterocycles. The Morgan fingerprint density at radius 2 is 2.16 bits per heavy atom. The van der Waals surface area contributed by atoms with Crippen LogP contribution in [0.15, 0.2) is 30.5 Å². The number of ether oxygens (including phenoxy) is 1. The summed E-state index contributed by atoms with van der Waals surface area (Å²) >= 11 is 1.82. The number of rotatable bonds is 6. The first-order valence-corrected chi connectivity index (χ1v) is 7.48. The molecule has 0 aliphatic heterocycles. The summed E-state index contributed by atoms with van der Waals surface area (Å²) in [6, 6.07) is 8.97. The summed E-state index contributed by atoms with van der Waals surface area (Å²) in [6.07, 6.45) is 4.46. The number of aryl methyl sites for hydroxylation is 1. The van der Waals surface area contributed by atoms with Crippen molar-refractivity contribution < 1.29 is 4.74 Å². The van der Waals surface area contributed by atoms with Crippen LogP contribution in [0.2, 0.25) is 0 Å². The average molecular weight is 274 g/mol. The van der Waals surface area contributed by atoms with Gasteiger partial charge in [0.15, 0.2) is 0 Å². The quantitative estimate of drug-likeness (QED) is 0.877. The zero-order chi connectivity index (χ0) is 13.1. The SMILES string of the molecule is Cc1ncccc1OCc1ccc(CNC2CC2)s1. The summed E-state index contributed by atoms with van der Waals surface area (Å²) in [5.41, 5.74) is 0.940. The molecule has 0 atom stereocenters. The summed E-state index contributed by atoms with van der Waals surface area (Å²) in [7, 11) is 0. The maximum Gasteiger partial charge on any atom is 0.141 e. The molecule has 0 unspecified atom stereocenters. The van der Waals surface area contributed by atoms with E-state index < -0.39 is 0 Å². The lowest BCUT2D eigenvalue weighted by Gasteiger charge is -2.06. The first kappa shape index (κ1) is 12.6. The summed E-state index contributed by atoms with van der Waals surface area (Å²) in [6.45, 7) is 3.58. The van der Waals surface area contributed by atoms with Gasteiger partial charge in [-0.25, -0.2) is 0 Å². The van der Waals surface area contributed by atoms with Crippen LogP contribution in [0.25, 0.3) is 0 Å². The van der Waals surface area contributed by atoms with Gasteiger partial charge in [-0.2, -0.15) is 0 Å². The topological polar surface area (TPSA) is 34.1 Å². The van der Waals surface area contributed by atoms with E-state index in [1.807, 2.05) is 30.4 Å². The minimum Gasteiger partial charge on any atom is -0.486 e. The van der Waals surface area contributed by atoms with Gasteiger partial charge >= 0.3 is 0 Å². The fourth-order valence-corrected chi connectivity index (χ4v) is 2.78. The molecule has 2 aromatic rings. The van der Waals surface area contributed by atoms with Crippen LogP contribution in [0.1, 0.15) is 28.3 Å². The van der Waals surface area contributed by atoms with Crippen LogP contribution < -0.4 is 10.1 Å². The Hall–Kier alpha value is -1.39. The second kappa shape index (κ2) is 5.72. The van der Waals surface area contributed by atoms with Crippen LogP contribution in [-0.4, -0.2) is 11.0 Å². The molecular formula is C15H18N2OS. The predicted octanol–water partition coefficient (Wildman–Crippen LogP) is 3.28. The van der Waals surface area contributed by atoms with Gasteiger partial charge in [0.25, 0.3) is 0 Å². The van der Waals surface area contributed by atoms with Crippen LogP contribution >= 0.6 is 11.3 Å². The van der Waals surface area contributed by atoms with Crippen molar-refractivity contribution >= 4 is 11.3 Å². The number of thiophene rings is 1. The Morgan fingerprint density at radius 3 is 2.95 bits per heavy atom. The molecule has 0 radical (unpaired) electrons. The summed E-state index contributed by atoms with van der Waals surface area (Å²) < 4.78 is 5.80. The third-order valence-corrected chi connectivity index (χ3v) is 4.25. The maximum absolute atomic E-state index is 5.80. The molecule has 1 aliphatic carbocycles. The van der Waals surface area contributed by atoms with Gasteiger partial charge in [-0.3, -0.25) is 4.98 Å². The van der Waals surface area contributed by atoms with Crippen LogP contribution in [-0.2, 0) is 13.2 Å². The number of hydrogen-bond acceptors (Lipinski definition) is 4. The number of aromatic nitrogens is 1. The van der Waals surface area contributed by atoms with E-state index >= 15 is 0 Å². The number of nitrogens with one attached hydrogen (secondary N) is 1. The molecule has 0 aromatic carbocycles. The van der Waals surface area contributed by atoms with Crippen molar-refractivity contribution in [2.24, 2.45) is 0 Å². The fraction of sp³-hybridized carbons (Fsp3) is 0.400. The van der Waals surface area contributed by atoms with Crippen LogP contribution in [0.5, 0.6) is 5.75 Å². The molecule has 0 saturated heterocycles. The third-order valence-electron chi connectivity index (χ3n) is 3.19. The second-order valence-corrected chi connectivity index (χ2v) is 6.15. The normalized spacial score (nSPS) is 14.6. The van der Waals surface area contributed by atoms with Crippen LogP contribution in [0, 0.1) is 6.92 Å². The molecule has 100 valence electrons. The van der Waals surface area contributed by atoms with E-state index in [9.17, 15) is 0 Å². The standard InChI is InChI=1S/C15H18N2OS/c1-11-15(3-2-8-16-11)18-10-14-7-6-13(19-14)9-17-12-4-5-12/h2-3,6-8,12,17H,4-5,9-10H2,1H3. The van der Waals surface area contributed by atoms with Crippen molar-refractivity contribution in [3.63, 3.8) is 0 Å². The van der Waals surface area contributed by atoms with Crippen LogP contribution in [0.4, 0.5) is 0 Å². The van der Waals surface area contributed by atoms with E-state index in [4.69, 9.17) is 4.74 Å². The molecule has 0 spiro atoms. The molecule has 1 fully saturated rings. The molecule has 3 nitrogen and oxygen atoms in total. The van der Waals surface area contributed by atoms with Gasteiger partial charge in [-0.05, 0) is 44.0 Å². The lowest BCUT2D eigenvalue weighted by molar-refractivity contribution is 0.306. The molecular weight excluding hydrogens is 256 g/mol. The van der Waals surface area contributed by atoms with Crippen molar-refractivity contribution in [2.75, 3.05) is 0 Å². The molecule has 2 aromatic heterocycles. The Balaban J connectivity index is 1.53. The largest absolute Gasteiger partial charge is 0.486 e. The fourth-order valence-electron chi connectivity index (χ4n) is 1.90. The van der Waals surface area contributed by atoms with Crippen molar-refractivity contribution in [1.29, 1.82) is 0 Å². The number of nitrogens with zero attached hydrogens (tertiary/aromatic N) is 1. The van der Waals surface area contributed by atoms with E-state index in [2.05, 4.69) is 22.4 Å². The van der Waals surface area contributed by atoms with E-state index in [0.29, 0.717) is 6.61 Å². The predicted molar refractivity (Wildman–Crippen MR) is 77.5 cm³/mol. The van der Waals surface area contributed by atoms with Gasteiger partial charge in [0.1, 0.15) is 12.4 Å². The van der Waals surface area contributed by atoms with Crippen molar-refractivity contribution in [1.82, 2.24) is 10.3 Å². The molecule has 19 heavy (non-hydrogen) atoms. The van der Waals surface area contributed by atoms with Crippen molar-refractivity contribution in [3.05, 3.63) is 45.9 Å². The molecule has 0 bridgehead atoms. The highest BCUT2D eigenvalue weighted by Crippen LogP contribution is 2.23. The van der Waals surface area contributed by atoms with E-state index in [1.54, 1.807) is 6.20 Å². The van der Waals surface area contributed by atoms with E-state index in [0.717, 1.165) is 24.0 Å². The highest BCUT2D eigenvalue weighted by molar-refractivity contribution is 7.11. The monoisotopic (exact) mass is 274 g/mol. The van der Waals surface area contributed by atoms with Gasteiger partial charge in [0.05, 0.1) is 5.69 Å². The lowest BCUT2D eigenvalue weighted by Crippen LogP contribution is -2.14. The zero-order valence-corrected chi connectivity index (χ0v) is 11.9.